The molecule has 0 heterocycles. The highest BCUT2D eigenvalue weighted by molar-refractivity contribution is 5.78. The Morgan fingerprint density at radius 3 is 2.75 bits per heavy atom. The molecule has 0 aromatic heterocycles. The Kier molecular flexibility index (Phi) is 5.85. The van der Waals surface area contributed by atoms with Gasteiger partial charge in [-0.05, 0) is 32.2 Å². The van der Waals surface area contributed by atoms with Gasteiger partial charge in [0.25, 0.3) is 0 Å². The first kappa shape index (κ1) is 13.0. The zero-order valence-corrected chi connectivity index (χ0v) is 9.75. The quantitative estimate of drug-likeness (QED) is 0.576. The molecule has 16 heavy (non-hydrogen) atoms. The number of nitrogens with one attached hydrogen (secondary N) is 2. The van der Waals surface area contributed by atoms with E-state index < -0.39 is 0 Å². The third-order valence-electron chi connectivity index (χ3n) is 2.37. The normalized spacial score (nSPS) is 14.6. The fourth-order valence-corrected chi connectivity index (χ4v) is 1.31. The molecule has 0 aromatic rings. The predicted molar refractivity (Wildman–Crippen MR) is 59.9 cm³/mol. The van der Waals surface area contributed by atoms with Crippen LogP contribution in [0.4, 0.5) is 0 Å². The van der Waals surface area contributed by atoms with Crippen molar-refractivity contribution in [1.29, 1.82) is 0 Å². The third-order valence-corrected chi connectivity index (χ3v) is 2.37. The molecule has 1 rings (SSSR count). The highest BCUT2D eigenvalue weighted by Gasteiger charge is 2.20. The molecule has 2 N–H and O–H groups in total. The lowest BCUT2D eigenvalue weighted by atomic mass is 10.4. The molecule has 0 spiro atoms. The summed E-state index contributed by atoms with van der Waals surface area (Å²) in [6.07, 6.45) is 2.79. The second-order valence-electron chi connectivity index (χ2n) is 3.98. The van der Waals surface area contributed by atoms with Crippen LogP contribution < -0.4 is 10.6 Å². The molecule has 1 amide bonds. The van der Waals surface area contributed by atoms with Crippen molar-refractivity contribution in [2.45, 2.75) is 26.2 Å². The summed E-state index contributed by atoms with van der Waals surface area (Å²) in [6.45, 7) is 3.75. The number of ether oxygens (including phenoxy) is 1. The number of hydrogen-bond acceptors (Lipinski definition) is 4. The van der Waals surface area contributed by atoms with E-state index in [0.29, 0.717) is 19.7 Å². The van der Waals surface area contributed by atoms with E-state index in [0.717, 1.165) is 12.5 Å². The molecule has 0 aromatic carbocycles. The van der Waals surface area contributed by atoms with Gasteiger partial charge in [0.2, 0.25) is 5.91 Å². The Morgan fingerprint density at radius 1 is 1.38 bits per heavy atom. The first-order chi connectivity index (χ1) is 7.72. The fraction of sp³-hybridized carbons (Fsp3) is 0.818. The summed E-state index contributed by atoms with van der Waals surface area (Å²) < 4.78 is 4.74. The third kappa shape index (κ3) is 6.40. The minimum atomic E-state index is -0.270. The van der Waals surface area contributed by atoms with Crippen LogP contribution in [0.1, 0.15) is 26.2 Å². The van der Waals surface area contributed by atoms with Gasteiger partial charge in [-0.15, -0.1) is 0 Å². The Bertz CT molecular complexity index is 239. The largest absolute Gasteiger partial charge is 0.466 e. The van der Waals surface area contributed by atoms with Crippen LogP contribution in [-0.4, -0.2) is 38.1 Å². The number of carbonyl (C=O) groups is 2. The van der Waals surface area contributed by atoms with Crippen LogP contribution in [0.2, 0.25) is 0 Å². The van der Waals surface area contributed by atoms with Gasteiger partial charge in [0.1, 0.15) is 0 Å². The molecule has 0 aliphatic heterocycles. The van der Waals surface area contributed by atoms with E-state index in [1.807, 2.05) is 0 Å². The summed E-state index contributed by atoms with van der Waals surface area (Å²) in [5.41, 5.74) is 0. The van der Waals surface area contributed by atoms with E-state index >= 15 is 0 Å². The topological polar surface area (TPSA) is 67.4 Å². The molecule has 0 unspecified atom stereocenters. The van der Waals surface area contributed by atoms with Crippen LogP contribution in [0, 0.1) is 5.92 Å². The lowest BCUT2D eigenvalue weighted by Gasteiger charge is -2.05. The minimum absolute atomic E-state index is 0.0649. The van der Waals surface area contributed by atoms with Crippen LogP contribution in [0.25, 0.3) is 0 Å². The molecule has 0 radical (unpaired) electrons. The lowest BCUT2D eigenvalue weighted by molar-refractivity contribution is -0.143. The van der Waals surface area contributed by atoms with Crippen LogP contribution in [0.3, 0.4) is 0 Å². The van der Waals surface area contributed by atoms with Crippen molar-refractivity contribution in [1.82, 2.24) is 10.6 Å². The number of carbonyl (C=O) groups excluding carboxylic acids is 2. The Balaban J connectivity index is 1.90. The van der Waals surface area contributed by atoms with Crippen molar-refractivity contribution in [3.8, 4) is 0 Å². The zero-order chi connectivity index (χ0) is 11.8. The molecule has 1 aliphatic carbocycles. The maximum absolute atomic E-state index is 11.3. The van der Waals surface area contributed by atoms with Gasteiger partial charge in [-0.25, -0.2) is 0 Å². The summed E-state index contributed by atoms with van der Waals surface area (Å²) in [7, 11) is 0. The molecule has 1 saturated carbocycles. The second kappa shape index (κ2) is 7.22. The van der Waals surface area contributed by atoms with E-state index in [2.05, 4.69) is 10.6 Å². The highest BCUT2D eigenvalue weighted by atomic mass is 16.5. The van der Waals surface area contributed by atoms with Crippen molar-refractivity contribution in [3.05, 3.63) is 0 Å². The standard InChI is InChI=1S/C11H20N2O3/c1-2-16-11(15)5-6-13-10(14)8-12-7-9-3-4-9/h9,12H,2-8H2,1H3,(H,13,14). The van der Waals surface area contributed by atoms with E-state index in [-0.39, 0.29) is 18.3 Å². The van der Waals surface area contributed by atoms with E-state index in [4.69, 9.17) is 4.74 Å². The molecule has 1 aliphatic rings. The van der Waals surface area contributed by atoms with E-state index in [9.17, 15) is 9.59 Å². The number of amides is 1. The van der Waals surface area contributed by atoms with Gasteiger partial charge in [0.05, 0.1) is 19.6 Å². The van der Waals surface area contributed by atoms with Crippen molar-refractivity contribution in [3.63, 3.8) is 0 Å². The van der Waals surface area contributed by atoms with Crippen LogP contribution in [0.15, 0.2) is 0 Å². The summed E-state index contributed by atoms with van der Waals surface area (Å²) in [4.78, 5) is 22.2. The van der Waals surface area contributed by atoms with Gasteiger partial charge in [-0.3, -0.25) is 9.59 Å². The summed E-state index contributed by atoms with van der Waals surface area (Å²) in [6, 6.07) is 0. The number of esters is 1. The zero-order valence-electron chi connectivity index (χ0n) is 9.75. The van der Waals surface area contributed by atoms with Crippen LogP contribution >= 0.6 is 0 Å². The number of hydrogen-bond donors (Lipinski definition) is 2. The highest BCUT2D eigenvalue weighted by Crippen LogP contribution is 2.27. The Labute approximate surface area is 95.9 Å². The smallest absolute Gasteiger partial charge is 0.307 e. The van der Waals surface area contributed by atoms with Gasteiger partial charge in [-0.1, -0.05) is 0 Å². The molecule has 0 bridgehead atoms. The SMILES string of the molecule is CCOC(=O)CCNC(=O)CNCC1CC1. The predicted octanol–water partition coefficient (Wildman–Crippen LogP) is 0.0554. The van der Waals surface area contributed by atoms with Crippen molar-refractivity contribution in [2.75, 3.05) is 26.2 Å². The summed E-state index contributed by atoms with van der Waals surface area (Å²) >= 11 is 0. The molecule has 92 valence electrons. The molecular weight excluding hydrogens is 208 g/mol. The summed E-state index contributed by atoms with van der Waals surface area (Å²) in [5.74, 6) is 0.436. The number of rotatable bonds is 8. The van der Waals surface area contributed by atoms with E-state index in [1.165, 1.54) is 12.8 Å². The monoisotopic (exact) mass is 228 g/mol. The molecule has 5 heteroatoms. The van der Waals surface area contributed by atoms with Crippen molar-refractivity contribution in [2.24, 2.45) is 5.92 Å². The molecular formula is C11H20N2O3. The van der Waals surface area contributed by atoms with Crippen molar-refractivity contribution >= 4 is 11.9 Å². The molecule has 5 nitrogen and oxygen atoms in total. The van der Waals surface area contributed by atoms with Gasteiger partial charge < -0.3 is 15.4 Å². The van der Waals surface area contributed by atoms with Crippen LogP contribution in [-0.2, 0) is 14.3 Å². The fourth-order valence-electron chi connectivity index (χ4n) is 1.31. The summed E-state index contributed by atoms with van der Waals surface area (Å²) in [5, 5.41) is 5.75. The first-order valence-corrected chi connectivity index (χ1v) is 5.85. The van der Waals surface area contributed by atoms with E-state index in [1.54, 1.807) is 6.92 Å². The molecule has 1 fully saturated rings. The lowest BCUT2D eigenvalue weighted by Crippen LogP contribution is -2.35. The molecule has 0 atom stereocenters. The van der Waals surface area contributed by atoms with Gasteiger partial charge in [0, 0.05) is 6.54 Å². The Morgan fingerprint density at radius 2 is 2.12 bits per heavy atom. The van der Waals surface area contributed by atoms with Gasteiger partial charge in [0.15, 0.2) is 0 Å². The van der Waals surface area contributed by atoms with Crippen molar-refractivity contribution < 1.29 is 14.3 Å². The van der Waals surface area contributed by atoms with Crippen LogP contribution in [0.5, 0.6) is 0 Å². The Hall–Kier alpha value is -1.10. The first-order valence-electron chi connectivity index (χ1n) is 5.85. The second-order valence-corrected chi connectivity index (χ2v) is 3.98. The van der Waals surface area contributed by atoms with Gasteiger partial charge in [-0.2, -0.15) is 0 Å². The van der Waals surface area contributed by atoms with Gasteiger partial charge >= 0.3 is 5.97 Å². The average molecular weight is 228 g/mol. The minimum Gasteiger partial charge on any atom is -0.466 e. The molecule has 0 saturated heterocycles. The maximum Gasteiger partial charge on any atom is 0.307 e. The average Bonchev–Trinajstić information content (AvgIpc) is 3.02. The maximum atomic E-state index is 11.3.